The van der Waals surface area contributed by atoms with Crippen molar-refractivity contribution >= 4 is 26.5 Å². The highest BCUT2D eigenvalue weighted by atomic mass is 32.1. The molecule has 80 valence electrons. The van der Waals surface area contributed by atoms with Gasteiger partial charge in [0.15, 0.2) is 0 Å². The van der Waals surface area contributed by atoms with Crippen LogP contribution in [-0.4, -0.2) is 24.6 Å². The van der Waals surface area contributed by atoms with Crippen molar-refractivity contribution in [2.24, 2.45) is 0 Å². The lowest BCUT2D eigenvalue weighted by molar-refractivity contribution is 0.340. The van der Waals surface area contributed by atoms with Crippen molar-refractivity contribution in [1.82, 2.24) is 4.98 Å². The molecule has 0 aliphatic carbocycles. The molecule has 7 nitrogen and oxygen atoms in total. The molecule has 0 aliphatic heterocycles. The molecular weight excluding hydrogens is 252 g/mol. The minimum Gasteiger partial charge on any atom is -0.323 e. The summed E-state index contributed by atoms with van der Waals surface area (Å²) in [4.78, 5) is 38.6. The van der Waals surface area contributed by atoms with Gasteiger partial charge in [0, 0.05) is 11.6 Å². The highest BCUT2D eigenvalue weighted by molar-refractivity contribution is 7.70. The van der Waals surface area contributed by atoms with Gasteiger partial charge in [-0.1, -0.05) is 0 Å². The van der Waals surface area contributed by atoms with Crippen LogP contribution in [0.5, 0.6) is 0 Å². The molecule has 0 aliphatic rings. The molecule has 0 radical (unpaired) electrons. The molecule has 0 spiro atoms. The zero-order chi connectivity index (χ0) is 11.0. The summed E-state index contributed by atoms with van der Waals surface area (Å²) < 4.78 is 21.7. The van der Waals surface area contributed by atoms with Crippen LogP contribution >= 0.6 is 26.5 Å². The molecule has 0 unspecified atom stereocenters. The first-order valence-electron chi connectivity index (χ1n) is 3.23. The molecule has 10 heteroatoms. The van der Waals surface area contributed by atoms with Crippen LogP contribution in [0.2, 0.25) is 0 Å². The van der Waals surface area contributed by atoms with Crippen molar-refractivity contribution in [3.63, 3.8) is 0 Å². The Morgan fingerprint density at radius 1 is 1.21 bits per heavy atom. The van der Waals surface area contributed by atoms with E-state index < -0.39 is 20.6 Å². The van der Waals surface area contributed by atoms with Gasteiger partial charge in [-0.2, -0.15) is 0 Å². The summed E-state index contributed by atoms with van der Waals surface area (Å²) in [6.07, 6.45) is 1.22. The van der Waals surface area contributed by atoms with E-state index in [9.17, 15) is 9.13 Å². The third-order valence-electron chi connectivity index (χ3n) is 1.31. The topological polar surface area (TPSA) is 128 Å². The predicted octanol–water partition coefficient (Wildman–Crippen LogP) is 0.497. The maximum atomic E-state index is 10.8. The lowest BCUT2D eigenvalue weighted by atomic mass is 10.8. The van der Waals surface area contributed by atoms with E-state index in [1.165, 1.54) is 11.6 Å². The SMILES string of the molecule is O=P(O)(O)C(c1nccs1)P(=O)(O)O. The summed E-state index contributed by atoms with van der Waals surface area (Å²) >= 11 is 0.789. The maximum Gasteiger partial charge on any atom is 0.347 e. The zero-order valence-corrected chi connectivity index (χ0v) is 9.19. The van der Waals surface area contributed by atoms with Gasteiger partial charge in [0.1, 0.15) is 5.01 Å². The van der Waals surface area contributed by atoms with Gasteiger partial charge in [-0.25, -0.2) is 4.98 Å². The molecule has 1 aromatic heterocycles. The van der Waals surface area contributed by atoms with Crippen LogP contribution < -0.4 is 0 Å². The molecule has 0 aromatic carbocycles. The van der Waals surface area contributed by atoms with Gasteiger partial charge in [-0.3, -0.25) is 9.13 Å². The molecule has 0 bridgehead atoms. The van der Waals surface area contributed by atoms with E-state index in [2.05, 4.69) is 4.98 Å². The number of aromatic nitrogens is 1. The van der Waals surface area contributed by atoms with Gasteiger partial charge in [-0.05, 0) is 0 Å². The fraction of sp³-hybridized carbons (Fsp3) is 0.250. The second kappa shape index (κ2) is 3.83. The van der Waals surface area contributed by atoms with Crippen molar-refractivity contribution in [2.75, 3.05) is 0 Å². The lowest BCUT2D eigenvalue weighted by Gasteiger charge is -2.16. The lowest BCUT2D eigenvalue weighted by Crippen LogP contribution is -2.00. The largest absolute Gasteiger partial charge is 0.347 e. The summed E-state index contributed by atoms with van der Waals surface area (Å²) in [7, 11) is -9.80. The maximum absolute atomic E-state index is 10.8. The Morgan fingerprint density at radius 3 is 2.00 bits per heavy atom. The van der Waals surface area contributed by atoms with E-state index in [-0.39, 0.29) is 5.01 Å². The third kappa shape index (κ3) is 2.71. The van der Waals surface area contributed by atoms with Crippen LogP contribution in [-0.2, 0) is 9.13 Å². The van der Waals surface area contributed by atoms with E-state index in [0.29, 0.717) is 0 Å². The van der Waals surface area contributed by atoms with E-state index in [1.807, 2.05) is 0 Å². The van der Waals surface area contributed by atoms with Crippen LogP contribution in [0.15, 0.2) is 11.6 Å². The van der Waals surface area contributed by atoms with Gasteiger partial charge in [-0.15, -0.1) is 11.3 Å². The second-order valence-electron chi connectivity index (χ2n) is 2.42. The van der Waals surface area contributed by atoms with Crippen LogP contribution in [0.3, 0.4) is 0 Å². The van der Waals surface area contributed by atoms with Gasteiger partial charge in [0.2, 0.25) is 5.40 Å². The fourth-order valence-corrected chi connectivity index (χ4v) is 4.82. The summed E-state index contributed by atoms with van der Waals surface area (Å²) in [5, 5.41) is -1.02. The highest BCUT2D eigenvalue weighted by Crippen LogP contribution is 2.69. The molecule has 1 heterocycles. The molecular formula is C4H7NO6P2S. The van der Waals surface area contributed by atoms with E-state index in [1.54, 1.807) is 0 Å². The van der Waals surface area contributed by atoms with Gasteiger partial charge in [0.25, 0.3) is 0 Å². The monoisotopic (exact) mass is 259 g/mol. The Bertz CT molecular complexity index is 370. The Hall–Kier alpha value is -0.0700. The molecule has 14 heavy (non-hydrogen) atoms. The molecule has 1 aromatic rings. The van der Waals surface area contributed by atoms with Crippen LogP contribution in [0.4, 0.5) is 0 Å². The molecule has 0 saturated carbocycles. The summed E-state index contributed by atoms with van der Waals surface area (Å²) in [6.45, 7) is 0. The molecule has 0 atom stereocenters. The highest BCUT2D eigenvalue weighted by Gasteiger charge is 2.46. The normalized spacial score (nSPS) is 13.5. The number of hydrogen-bond donors (Lipinski definition) is 4. The van der Waals surface area contributed by atoms with Crippen LogP contribution in [0.1, 0.15) is 10.4 Å². The summed E-state index contributed by atoms with van der Waals surface area (Å²) in [5.74, 6) is 0. The first-order chi connectivity index (χ1) is 6.23. The minimum atomic E-state index is -4.90. The zero-order valence-electron chi connectivity index (χ0n) is 6.59. The molecule has 0 fully saturated rings. The quantitative estimate of drug-likeness (QED) is 0.581. The van der Waals surface area contributed by atoms with Crippen molar-refractivity contribution in [1.29, 1.82) is 0 Å². The molecule has 4 N–H and O–H groups in total. The van der Waals surface area contributed by atoms with E-state index in [0.717, 1.165) is 11.3 Å². The fourth-order valence-electron chi connectivity index (χ4n) is 0.846. The van der Waals surface area contributed by atoms with Crippen molar-refractivity contribution in [3.05, 3.63) is 16.6 Å². The average molecular weight is 259 g/mol. The third-order valence-corrected chi connectivity index (χ3v) is 6.07. The summed E-state index contributed by atoms with van der Waals surface area (Å²) in [5.41, 5.74) is 0. The first kappa shape index (κ1) is 12.0. The number of hydrogen-bond acceptors (Lipinski definition) is 4. The molecule has 1 rings (SSSR count). The summed E-state index contributed by atoms with van der Waals surface area (Å²) in [6, 6.07) is 0. The van der Waals surface area contributed by atoms with Gasteiger partial charge in [0.05, 0.1) is 0 Å². The molecule has 0 amide bonds. The number of thiazole rings is 1. The number of nitrogens with zero attached hydrogens (tertiary/aromatic N) is 1. The second-order valence-corrected chi connectivity index (χ2v) is 7.14. The van der Waals surface area contributed by atoms with Crippen LogP contribution in [0, 0.1) is 0 Å². The van der Waals surface area contributed by atoms with Crippen molar-refractivity contribution in [2.45, 2.75) is 5.40 Å². The Labute approximate surface area is 82.8 Å². The van der Waals surface area contributed by atoms with Gasteiger partial charge < -0.3 is 19.6 Å². The van der Waals surface area contributed by atoms with E-state index in [4.69, 9.17) is 19.6 Å². The number of rotatable bonds is 3. The van der Waals surface area contributed by atoms with E-state index >= 15 is 0 Å². The molecule has 0 saturated heterocycles. The predicted molar refractivity (Wildman–Crippen MR) is 48.9 cm³/mol. The van der Waals surface area contributed by atoms with Crippen LogP contribution in [0.25, 0.3) is 0 Å². The Balaban J connectivity index is 3.22. The first-order valence-corrected chi connectivity index (χ1v) is 7.47. The Morgan fingerprint density at radius 2 is 1.71 bits per heavy atom. The Kier molecular flexibility index (Phi) is 3.28. The minimum absolute atomic E-state index is 0.258. The smallest absolute Gasteiger partial charge is 0.323 e. The average Bonchev–Trinajstić information content (AvgIpc) is 2.31. The standard InChI is InChI=1S/C4H7NO6P2S/c6-12(7,8)4(13(9,10)11)3-5-1-2-14-3/h1-2,4H,(H2,6,7,8)(H2,9,10,11). The van der Waals surface area contributed by atoms with Crippen molar-refractivity contribution in [3.8, 4) is 0 Å². The van der Waals surface area contributed by atoms with Crippen molar-refractivity contribution < 1.29 is 28.7 Å². The van der Waals surface area contributed by atoms with Gasteiger partial charge >= 0.3 is 15.2 Å².